The lowest BCUT2D eigenvalue weighted by molar-refractivity contribution is 0.548. The number of rotatable bonds is 6. The molecule has 0 bridgehead atoms. The van der Waals surface area contributed by atoms with Crippen molar-refractivity contribution in [1.29, 1.82) is 0 Å². The number of halogens is 1. The summed E-state index contributed by atoms with van der Waals surface area (Å²) in [5.41, 5.74) is 2.26. The van der Waals surface area contributed by atoms with Gasteiger partial charge in [-0.1, -0.05) is 25.6 Å². The predicted molar refractivity (Wildman–Crippen MR) is 85.0 cm³/mol. The van der Waals surface area contributed by atoms with Gasteiger partial charge in [-0.05, 0) is 43.7 Å². The Morgan fingerprint density at radius 3 is 2.57 bits per heavy atom. The molecule has 3 nitrogen and oxygen atoms in total. The smallest absolute Gasteiger partial charge is 0.123 e. The summed E-state index contributed by atoms with van der Waals surface area (Å²) >= 11 is 1.62. The number of aromatic nitrogens is 2. The van der Waals surface area contributed by atoms with Gasteiger partial charge in [-0.3, -0.25) is 4.68 Å². The van der Waals surface area contributed by atoms with Crippen molar-refractivity contribution >= 4 is 11.8 Å². The van der Waals surface area contributed by atoms with Crippen LogP contribution in [0.1, 0.15) is 25.1 Å². The third kappa shape index (κ3) is 4.32. The molecule has 0 aliphatic carbocycles. The van der Waals surface area contributed by atoms with Gasteiger partial charge in [0.25, 0.3) is 0 Å². The molecule has 0 atom stereocenters. The highest BCUT2D eigenvalue weighted by Crippen LogP contribution is 2.31. The van der Waals surface area contributed by atoms with E-state index in [1.807, 2.05) is 18.7 Å². The molecule has 1 aromatic heterocycles. The third-order valence-electron chi connectivity index (χ3n) is 3.17. The molecule has 2 aromatic rings. The average Bonchev–Trinajstić information content (AvgIpc) is 2.68. The zero-order chi connectivity index (χ0) is 15.4. The van der Waals surface area contributed by atoms with E-state index in [1.54, 1.807) is 23.9 Å². The summed E-state index contributed by atoms with van der Waals surface area (Å²) in [6.07, 6.45) is 0. The van der Waals surface area contributed by atoms with Crippen LogP contribution in [0, 0.1) is 18.7 Å². The SMILES string of the molecule is Cc1nn(C)c(Sc2ccc(F)cc2)c1CNCC(C)C. The van der Waals surface area contributed by atoms with Gasteiger partial charge in [-0.2, -0.15) is 5.10 Å². The Morgan fingerprint density at radius 1 is 1.29 bits per heavy atom. The van der Waals surface area contributed by atoms with E-state index in [0.717, 1.165) is 28.7 Å². The lowest BCUT2D eigenvalue weighted by Gasteiger charge is -2.09. The molecule has 1 heterocycles. The maximum atomic E-state index is 13.0. The fourth-order valence-electron chi connectivity index (χ4n) is 2.11. The lowest BCUT2D eigenvalue weighted by atomic mass is 10.2. The van der Waals surface area contributed by atoms with Crippen molar-refractivity contribution in [3.8, 4) is 0 Å². The first-order chi connectivity index (χ1) is 9.97. The van der Waals surface area contributed by atoms with Gasteiger partial charge in [0, 0.05) is 24.1 Å². The fourth-order valence-corrected chi connectivity index (χ4v) is 3.12. The normalized spacial score (nSPS) is 11.3. The van der Waals surface area contributed by atoms with Crippen molar-refractivity contribution in [3.63, 3.8) is 0 Å². The van der Waals surface area contributed by atoms with Gasteiger partial charge in [0.05, 0.1) is 5.69 Å². The zero-order valence-corrected chi connectivity index (χ0v) is 13.8. The summed E-state index contributed by atoms with van der Waals surface area (Å²) < 4.78 is 14.9. The first kappa shape index (κ1) is 16.0. The van der Waals surface area contributed by atoms with Crippen molar-refractivity contribution in [3.05, 3.63) is 41.3 Å². The molecule has 2 rings (SSSR count). The number of hydrogen-bond donors (Lipinski definition) is 1. The summed E-state index contributed by atoms with van der Waals surface area (Å²) in [6, 6.07) is 6.58. The topological polar surface area (TPSA) is 29.9 Å². The molecule has 1 N–H and O–H groups in total. The molecule has 0 unspecified atom stereocenters. The van der Waals surface area contributed by atoms with Crippen LogP contribution in [0.25, 0.3) is 0 Å². The quantitative estimate of drug-likeness (QED) is 0.881. The van der Waals surface area contributed by atoms with E-state index in [1.165, 1.54) is 17.7 Å². The number of hydrogen-bond acceptors (Lipinski definition) is 3. The van der Waals surface area contributed by atoms with Crippen molar-refractivity contribution in [2.75, 3.05) is 6.54 Å². The minimum absolute atomic E-state index is 0.209. The molecule has 0 amide bonds. The molecular weight excluding hydrogens is 285 g/mol. The van der Waals surface area contributed by atoms with Crippen molar-refractivity contribution in [2.45, 2.75) is 37.2 Å². The Balaban J connectivity index is 2.16. The monoisotopic (exact) mass is 307 g/mol. The summed E-state index contributed by atoms with van der Waals surface area (Å²) in [5, 5.41) is 9.07. The van der Waals surface area contributed by atoms with E-state index in [0.29, 0.717) is 5.92 Å². The Hall–Kier alpha value is -1.33. The first-order valence-electron chi connectivity index (χ1n) is 7.14. The van der Waals surface area contributed by atoms with Crippen LogP contribution in [0.2, 0.25) is 0 Å². The van der Waals surface area contributed by atoms with Crippen LogP contribution in [0.5, 0.6) is 0 Å². The van der Waals surface area contributed by atoms with Gasteiger partial charge in [0.2, 0.25) is 0 Å². The van der Waals surface area contributed by atoms with Crippen LogP contribution in [0.4, 0.5) is 4.39 Å². The van der Waals surface area contributed by atoms with Gasteiger partial charge < -0.3 is 5.32 Å². The Morgan fingerprint density at radius 2 is 1.95 bits per heavy atom. The van der Waals surface area contributed by atoms with Crippen LogP contribution >= 0.6 is 11.8 Å². The first-order valence-corrected chi connectivity index (χ1v) is 7.95. The number of nitrogens with one attached hydrogen (secondary N) is 1. The standard InChI is InChI=1S/C16H22FN3S/c1-11(2)9-18-10-15-12(3)19-20(4)16(15)21-14-7-5-13(17)6-8-14/h5-8,11,18H,9-10H2,1-4H3. The minimum Gasteiger partial charge on any atom is -0.312 e. The van der Waals surface area contributed by atoms with Crippen LogP contribution in [-0.2, 0) is 13.6 Å². The minimum atomic E-state index is -0.209. The highest BCUT2D eigenvalue weighted by Gasteiger charge is 2.14. The molecule has 0 saturated heterocycles. The Labute approximate surface area is 129 Å². The van der Waals surface area contributed by atoms with Crippen molar-refractivity contribution < 1.29 is 4.39 Å². The highest BCUT2D eigenvalue weighted by molar-refractivity contribution is 7.99. The molecule has 0 aliphatic heterocycles. The van der Waals surface area contributed by atoms with Crippen molar-refractivity contribution in [1.82, 2.24) is 15.1 Å². The van der Waals surface area contributed by atoms with E-state index in [-0.39, 0.29) is 5.82 Å². The molecule has 114 valence electrons. The van der Waals surface area contributed by atoms with Crippen LogP contribution in [-0.4, -0.2) is 16.3 Å². The highest BCUT2D eigenvalue weighted by atomic mass is 32.2. The largest absolute Gasteiger partial charge is 0.312 e. The molecule has 0 aliphatic rings. The maximum Gasteiger partial charge on any atom is 0.123 e. The molecule has 1 aromatic carbocycles. The van der Waals surface area contributed by atoms with Gasteiger partial charge in [-0.25, -0.2) is 4.39 Å². The van der Waals surface area contributed by atoms with E-state index >= 15 is 0 Å². The Bertz CT molecular complexity index is 590. The van der Waals surface area contributed by atoms with Crippen LogP contribution < -0.4 is 5.32 Å². The Kier molecular flexibility index (Phi) is 5.42. The second-order valence-corrected chi connectivity index (χ2v) is 6.64. The predicted octanol–water partition coefficient (Wildman–Crippen LogP) is 3.76. The molecule has 5 heteroatoms. The summed E-state index contributed by atoms with van der Waals surface area (Å²) in [7, 11) is 1.95. The van der Waals surface area contributed by atoms with Gasteiger partial charge in [-0.15, -0.1) is 0 Å². The summed E-state index contributed by atoms with van der Waals surface area (Å²) in [4.78, 5) is 1.02. The van der Waals surface area contributed by atoms with Crippen LogP contribution in [0.3, 0.4) is 0 Å². The third-order valence-corrected chi connectivity index (χ3v) is 4.38. The van der Waals surface area contributed by atoms with E-state index < -0.39 is 0 Å². The number of benzene rings is 1. The van der Waals surface area contributed by atoms with E-state index in [9.17, 15) is 4.39 Å². The zero-order valence-electron chi connectivity index (χ0n) is 13.0. The molecule has 0 radical (unpaired) electrons. The van der Waals surface area contributed by atoms with Crippen molar-refractivity contribution in [2.24, 2.45) is 13.0 Å². The lowest BCUT2D eigenvalue weighted by Crippen LogP contribution is -2.19. The molecule has 0 fully saturated rings. The molecular formula is C16H22FN3S. The van der Waals surface area contributed by atoms with E-state index in [4.69, 9.17) is 0 Å². The second kappa shape index (κ2) is 7.09. The molecule has 0 saturated carbocycles. The maximum absolute atomic E-state index is 13.0. The van der Waals surface area contributed by atoms with Crippen LogP contribution in [0.15, 0.2) is 34.2 Å². The number of nitrogens with zero attached hydrogens (tertiary/aromatic N) is 2. The second-order valence-electron chi connectivity index (χ2n) is 5.57. The summed E-state index contributed by atoms with van der Waals surface area (Å²) in [6.45, 7) is 8.20. The number of aryl methyl sites for hydroxylation is 2. The summed E-state index contributed by atoms with van der Waals surface area (Å²) in [5.74, 6) is 0.412. The molecule has 0 spiro atoms. The van der Waals surface area contributed by atoms with E-state index in [2.05, 4.69) is 24.3 Å². The van der Waals surface area contributed by atoms with Gasteiger partial charge in [0.1, 0.15) is 10.8 Å². The fraction of sp³-hybridized carbons (Fsp3) is 0.438. The average molecular weight is 307 g/mol. The van der Waals surface area contributed by atoms with Gasteiger partial charge >= 0.3 is 0 Å². The molecule has 21 heavy (non-hydrogen) atoms. The van der Waals surface area contributed by atoms with Gasteiger partial charge in [0.15, 0.2) is 0 Å².